The van der Waals surface area contributed by atoms with Crippen molar-refractivity contribution in [3.05, 3.63) is 91.4 Å². The third-order valence-electron chi connectivity index (χ3n) is 4.38. The van der Waals surface area contributed by atoms with Crippen molar-refractivity contribution in [3.8, 4) is 11.5 Å². The van der Waals surface area contributed by atoms with Gasteiger partial charge in [-0.2, -0.15) is 8.42 Å². The molecular weight excluding hydrogens is 482 g/mol. The topological polar surface area (TPSA) is 94.8 Å². The lowest BCUT2D eigenvalue weighted by Crippen LogP contribution is -2.38. The van der Waals surface area contributed by atoms with Crippen LogP contribution in [0.3, 0.4) is 0 Å². The predicted molar refractivity (Wildman–Crippen MR) is 114 cm³/mol. The van der Waals surface area contributed by atoms with Gasteiger partial charge in [-0.05, 0) is 41.5 Å². The molecule has 0 radical (unpaired) electrons. The van der Waals surface area contributed by atoms with Gasteiger partial charge < -0.3 is 10.2 Å². The first kappa shape index (κ1) is 22.0. The molecule has 3 N–H and O–H groups in total. The van der Waals surface area contributed by atoms with Gasteiger partial charge in [0.2, 0.25) is 0 Å². The van der Waals surface area contributed by atoms with E-state index >= 15 is 0 Å². The summed E-state index contributed by atoms with van der Waals surface area (Å²) in [6.45, 7) is 0. The van der Waals surface area contributed by atoms with Gasteiger partial charge in [0.25, 0.3) is 10.1 Å². The predicted octanol–water partition coefficient (Wildman–Crippen LogP) is 5.89. The lowest BCUT2D eigenvalue weighted by Gasteiger charge is -2.33. The summed E-state index contributed by atoms with van der Waals surface area (Å²) in [5, 5.41) is 19.5. The SMILES string of the molecule is O=S(=O)(O)C(c1cccc(O)c1)(c1cccc(Cl)c1)c1cc(Cl)c(Cl)c(O)c1Cl. The Morgan fingerprint density at radius 1 is 0.793 bits per heavy atom. The summed E-state index contributed by atoms with van der Waals surface area (Å²) in [6, 6.07) is 12.1. The first-order valence-electron chi connectivity index (χ1n) is 7.89. The van der Waals surface area contributed by atoms with Crippen molar-refractivity contribution in [1.82, 2.24) is 0 Å². The van der Waals surface area contributed by atoms with E-state index in [4.69, 9.17) is 46.4 Å². The Morgan fingerprint density at radius 2 is 1.38 bits per heavy atom. The minimum Gasteiger partial charge on any atom is -0.508 e. The molecule has 0 bridgehead atoms. The summed E-state index contributed by atoms with van der Waals surface area (Å²) in [4.78, 5) is 0. The Morgan fingerprint density at radius 3 is 1.93 bits per heavy atom. The second kappa shape index (κ2) is 7.87. The van der Waals surface area contributed by atoms with Gasteiger partial charge >= 0.3 is 0 Å². The summed E-state index contributed by atoms with van der Waals surface area (Å²) in [6.07, 6.45) is 0. The lowest BCUT2D eigenvalue weighted by molar-refractivity contribution is 0.455. The van der Waals surface area contributed by atoms with E-state index in [-0.39, 0.29) is 37.5 Å². The van der Waals surface area contributed by atoms with Crippen molar-refractivity contribution < 1.29 is 23.2 Å². The van der Waals surface area contributed by atoms with Crippen LogP contribution in [-0.4, -0.2) is 23.2 Å². The van der Waals surface area contributed by atoms with Crippen molar-refractivity contribution in [3.63, 3.8) is 0 Å². The third kappa shape index (κ3) is 3.65. The zero-order chi connectivity index (χ0) is 21.6. The highest BCUT2D eigenvalue weighted by molar-refractivity contribution is 7.87. The molecule has 0 aromatic heterocycles. The molecule has 0 aliphatic rings. The zero-order valence-corrected chi connectivity index (χ0v) is 18.1. The maximum Gasteiger partial charge on any atom is 0.283 e. The molecule has 0 saturated carbocycles. The van der Waals surface area contributed by atoms with Gasteiger partial charge in [0.15, 0.2) is 10.5 Å². The maximum absolute atomic E-state index is 13.0. The highest BCUT2D eigenvalue weighted by atomic mass is 35.5. The fourth-order valence-corrected chi connectivity index (χ4v) is 5.42. The minimum atomic E-state index is -5.06. The van der Waals surface area contributed by atoms with Crippen molar-refractivity contribution in [2.45, 2.75) is 4.75 Å². The van der Waals surface area contributed by atoms with Gasteiger partial charge in [0, 0.05) is 10.6 Å². The van der Waals surface area contributed by atoms with Gasteiger partial charge in [-0.1, -0.05) is 70.7 Å². The van der Waals surface area contributed by atoms with Crippen LogP contribution in [0.4, 0.5) is 0 Å². The molecule has 29 heavy (non-hydrogen) atoms. The highest BCUT2D eigenvalue weighted by Crippen LogP contribution is 2.51. The summed E-state index contributed by atoms with van der Waals surface area (Å²) < 4.78 is 34.0. The molecule has 0 heterocycles. The Labute approximate surface area is 186 Å². The monoisotopic (exact) mass is 492 g/mol. The summed E-state index contributed by atoms with van der Waals surface area (Å²) in [5.41, 5.74) is -0.346. The van der Waals surface area contributed by atoms with Gasteiger partial charge in [0.05, 0.1) is 10.0 Å². The van der Waals surface area contributed by atoms with Crippen LogP contribution in [0.15, 0.2) is 54.6 Å². The Balaban J connectivity index is 2.62. The van der Waals surface area contributed by atoms with Gasteiger partial charge in [-0.15, -0.1) is 0 Å². The van der Waals surface area contributed by atoms with Crippen molar-refractivity contribution >= 4 is 56.5 Å². The van der Waals surface area contributed by atoms with Crippen LogP contribution < -0.4 is 0 Å². The van der Waals surface area contributed by atoms with Crippen LogP contribution in [0.1, 0.15) is 16.7 Å². The first-order valence-corrected chi connectivity index (χ1v) is 10.8. The molecule has 1 unspecified atom stereocenters. The second-order valence-corrected chi connectivity index (χ2v) is 9.26. The van der Waals surface area contributed by atoms with Crippen LogP contribution >= 0.6 is 46.4 Å². The molecule has 0 saturated heterocycles. The molecule has 152 valence electrons. The minimum absolute atomic E-state index is 0.00205. The smallest absolute Gasteiger partial charge is 0.283 e. The van der Waals surface area contributed by atoms with Crippen LogP contribution in [0, 0.1) is 0 Å². The van der Waals surface area contributed by atoms with Gasteiger partial charge in [0.1, 0.15) is 10.8 Å². The third-order valence-corrected chi connectivity index (χ3v) is 7.24. The van der Waals surface area contributed by atoms with Gasteiger partial charge in [-0.25, -0.2) is 0 Å². The fourth-order valence-electron chi connectivity index (χ4n) is 3.19. The van der Waals surface area contributed by atoms with E-state index in [1.54, 1.807) is 0 Å². The number of phenols is 2. The molecule has 3 aromatic carbocycles. The summed E-state index contributed by atoms with van der Waals surface area (Å²) >= 11 is 24.4. The zero-order valence-electron chi connectivity index (χ0n) is 14.3. The molecule has 0 amide bonds. The average molecular weight is 494 g/mol. The van der Waals surface area contributed by atoms with E-state index in [2.05, 4.69) is 0 Å². The van der Waals surface area contributed by atoms with E-state index in [0.29, 0.717) is 0 Å². The molecule has 3 aromatic rings. The molecule has 0 spiro atoms. The van der Waals surface area contributed by atoms with Crippen molar-refractivity contribution in [2.75, 3.05) is 0 Å². The molecule has 5 nitrogen and oxygen atoms in total. The number of hydrogen-bond acceptors (Lipinski definition) is 4. The summed E-state index contributed by atoms with van der Waals surface area (Å²) in [7, 11) is -5.06. The van der Waals surface area contributed by atoms with Gasteiger partial charge in [-0.3, -0.25) is 4.55 Å². The fraction of sp³-hybridized carbons (Fsp3) is 0.0526. The van der Waals surface area contributed by atoms with E-state index in [9.17, 15) is 23.2 Å². The number of rotatable bonds is 4. The Bertz CT molecular complexity index is 1170. The number of halogens is 4. The van der Waals surface area contributed by atoms with E-state index < -0.39 is 25.6 Å². The Hall–Kier alpha value is -1.67. The van der Waals surface area contributed by atoms with E-state index in [1.165, 1.54) is 42.5 Å². The van der Waals surface area contributed by atoms with Crippen molar-refractivity contribution in [2.24, 2.45) is 0 Å². The molecule has 0 fully saturated rings. The Kier molecular flexibility index (Phi) is 5.98. The van der Waals surface area contributed by atoms with E-state index in [0.717, 1.165) is 12.1 Å². The number of hydrogen-bond donors (Lipinski definition) is 3. The normalized spacial score (nSPS) is 13.8. The first-order chi connectivity index (χ1) is 13.5. The quantitative estimate of drug-likeness (QED) is 0.239. The molecule has 0 aliphatic carbocycles. The van der Waals surface area contributed by atoms with Crippen LogP contribution in [0.2, 0.25) is 20.1 Å². The molecule has 3 rings (SSSR count). The largest absolute Gasteiger partial charge is 0.508 e. The van der Waals surface area contributed by atoms with Crippen LogP contribution in [0.5, 0.6) is 11.5 Å². The molecule has 0 aliphatic heterocycles. The van der Waals surface area contributed by atoms with Crippen molar-refractivity contribution in [1.29, 1.82) is 0 Å². The van der Waals surface area contributed by atoms with E-state index in [1.807, 2.05) is 0 Å². The maximum atomic E-state index is 13.0. The molecular formula is C19H12Cl4O5S. The lowest BCUT2D eigenvalue weighted by atomic mass is 9.83. The summed E-state index contributed by atoms with van der Waals surface area (Å²) in [5.74, 6) is -0.927. The number of aromatic hydroxyl groups is 2. The highest BCUT2D eigenvalue weighted by Gasteiger charge is 2.50. The standard InChI is InChI=1S/C19H12Cl4O5S/c20-12-5-1-3-10(7-12)19(29(26,27)28,11-4-2-6-13(24)8-11)14-9-15(21)17(23)18(25)16(14)22/h1-9,24-25H,(H,26,27,28). The molecule has 10 heteroatoms. The number of benzene rings is 3. The molecule has 1 atom stereocenters. The van der Waals surface area contributed by atoms with Crippen LogP contribution in [0.25, 0.3) is 0 Å². The van der Waals surface area contributed by atoms with Crippen LogP contribution in [-0.2, 0) is 14.9 Å². The second-order valence-electron chi connectivity index (χ2n) is 6.10. The average Bonchev–Trinajstić information content (AvgIpc) is 2.64. The number of phenolic OH excluding ortho intramolecular Hbond substituents is 2.